The van der Waals surface area contributed by atoms with Gasteiger partial charge in [0.1, 0.15) is 0 Å². The molecular formula is C14H18Cl2N4O4. The molecule has 10 heteroatoms. The predicted octanol–water partition coefficient (Wildman–Crippen LogP) is 4.31. The van der Waals surface area contributed by atoms with Gasteiger partial charge in [-0.25, -0.2) is 9.59 Å². The van der Waals surface area contributed by atoms with Gasteiger partial charge in [-0.05, 0) is 39.5 Å². The Morgan fingerprint density at radius 1 is 0.917 bits per heavy atom. The van der Waals surface area contributed by atoms with Gasteiger partial charge in [-0.15, -0.1) is 0 Å². The van der Waals surface area contributed by atoms with Crippen LogP contribution in [0.3, 0.4) is 0 Å². The molecule has 2 atom stereocenters. The van der Waals surface area contributed by atoms with E-state index in [9.17, 15) is 20.1 Å². The Hall–Kier alpha value is -1.90. The molecule has 0 amide bonds. The van der Waals surface area contributed by atoms with Gasteiger partial charge in [0.15, 0.2) is 11.1 Å². The van der Waals surface area contributed by atoms with Gasteiger partial charge in [0, 0.05) is 23.2 Å². The fourth-order valence-electron chi connectivity index (χ4n) is 1.61. The van der Waals surface area contributed by atoms with Crippen molar-refractivity contribution in [3.8, 4) is 12.1 Å². The summed E-state index contributed by atoms with van der Waals surface area (Å²) in [4.78, 5) is 20.9. The first-order valence-corrected chi connectivity index (χ1v) is 7.83. The van der Waals surface area contributed by atoms with Gasteiger partial charge in [0.05, 0.1) is 25.4 Å². The van der Waals surface area contributed by atoms with Crippen LogP contribution in [0, 0.1) is 22.7 Å². The van der Waals surface area contributed by atoms with E-state index in [1.165, 1.54) is 0 Å². The highest BCUT2D eigenvalue weighted by atomic mass is 35.5. The largest absolute Gasteiger partial charge is 0.454 e. The van der Waals surface area contributed by atoms with Gasteiger partial charge in [-0.2, -0.15) is 20.8 Å². The summed E-state index contributed by atoms with van der Waals surface area (Å²) in [6.45, 7) is 3.25. The molecule has 0 radical (unpaired) electrons. The number of azo groups is 1. The van der Waals surface area contributed by atoms with E-state index in [1.54, 1.807) is 13.8 Å². The van der Waals surface area contributed by atoms with E-state index < -0.39 is 21.9 Å². The third kappa shape index (κ3) is 9.98. The summed E-state index contributed by atoms with van der Waals surface area (Å²) in [5.74, 6) is 0. The number of carbonyl (C=O) groups is 2. The number of halogens is 2. The zero-order chi connectivity index (χ0) is 18.6. The second-order valence-electron chi connectivity index (χ2n) is 5.35. The Morgan fingerprint density at radius 3 is 1.50 bits per heavy atom. The third-order valence-corrected chi connectivity index (χ3v) is 3.24. The molecule has 0 aliphatic carbocycles. The van der Waals surface area contributed by atoms with Crippen molar-refractivity contribution in [2.24, 2.45) is 10.2 Å². The van der Waals surface area contributed by atoms with Crippen LogP contribution in [0.5, 0.6) is 0 Å². The third-order valence-electron chi connectivity index (χ3n) is 3.02. The summed E-state index contributed by atoms with van der Waals surface area (Å²) in [7, 11) is 0. The summed E-state index contributed by atoms with van der Waals surface area (Å²) in [6, 6.07) is 4.03. The lowest BCUT2D eigenvalue weighted by atomic mass is 9.98. The van der Waals surface area contributed by atoms with Crippen molar-refractivity contribution < 1.29 is 19.1 Å². The average molecular weight is 377 g/mol. The Kier molecular flexibility index (Phi) is 9.94. The molecule has 8 nitrogen and oxygen atoms in total. The molecule has 132 valence electrons. The maximum Gasteiger partial charge on any atom is 0.403 e. The molecule has 0 spiro atoms. The molecule has 0 saturated heterocycles. The van der Waals surface area contributed by atoms with Gasteiger partial charge in [-0.3, -0.25) is 0 Å². The van der Waals surface area contributed by atoms with Crippen LogP contribution in [0.2, 0.25) is 0 Å². The van der Waals surface area contributed by atoms with Gasteiger partial charge in [0.2, 0.25) is 0 Å². The van der Waals surface area contributed by atoms with Gasteiger partial charge in [-0.1, -0.05) is 0 Å². The smallest absolute Gasteiger partial charge is 0.403 e. The molecule has 0 aliphatic heterocycles. The lowest BCUT2D eigenvalue weighted by molar-refractivity contribution is 0.167. The number of rotatable bonds is 10. The van der Waals surface area contributed by atoms with Crippen LogP contribution >= 0.6 is 23.2 Å². The van der Waals surface area contributed by atoms with Gasteiger partial charge >= 0.3 is 10.9 Å². The Morgan fingerprint density at radius 2 is 1.25 bits per heavy atom. The van der Waals surface area contributed by atoms with Crippen LogP contribution in [0.25, 0.3) is 0 Å². The molecule has 0 saturated carbocycles. The molecule has 0 aromatic carbocycles. The van der Waals surface area contributed by atoms with Crippen LogP contribution in [-0.4, -0.2) is 35.1 Å². The van der Waals surface area contributed by atoms with E-state index in [1.807, 2.05) is 12.1 Å². The fourth-order valence-corrected chi connectivity index (χ4v) is 1.77. The molecule has 0 fully saturated rings. The minimum Gasteiger partial charge on any atom is -0.454 e. The van der Waals surface area contributed by atoms with E-state index in [4.69, 9.17) is 23.2 Å². The molecule has 0 aromatic rings. The number of carbonyl (C=O) groups excluding carboxylic acids is 2. The molecule has 0 heterocycles. The summed E-state index contributed by atoms with van der Waals surface area (Å²) in [5, 5.41) is 26.5. The van der Waals surface area contributed by atoms with E-state index in [-0.39, 0.29) is 26.1 Å². The van der Waals surface area contributed by atoms with Crippen LogP contribution in [0.4, 0.5) is 9.59 Å². The molecule has 0 N–H and O–H groups in total. The lowest BCUT2D eigenvalue weighted by Crippen LogP contribution is -2.24. The van der Waals surface area contributed by atoms with Crippen molar-refractivity contribution in [1.29, 1.82) is 10.5 Å². The number of hydrogen-bond donors (Lipinski definition) is 0. The molecule has 0 bridgehead atoms. The summed E-state index contributed by atoms with van der Waals surface area (Å²) >= 11 is 10.1. The monoisotopic (exact) mass is 376 g/mol. The first kappa shape index (κ1) is 22.1. The topological polar surface area (TPSA) is 125 Å². The Balaban J connectivity index is 4.62. The fraction of sp³-hybridized carbons (Fsp3) is 0.714. The average Bonchev–Trinajstić information content (AvgIpc) is 2.53. The van der Waals surface area contributed by atoms with Crippen LogP contribution < -0.4 is 0 Å². The number of hydrogen-bond acceptors (Lipinski definition) is 8. The normalized spacial score (nSPS) is 15.6. The summed E-state index contributed by atoms with van der Waals surface area (Å²) in [5.41, 5.74) is -4.13. The maximum atomic E-state index is 10.5. The second kappa shape index (κ2) is 10.8. The van der Waals surface area contributed by atoms with Gasteiger partial charge < -0.3 is 9.47 Å². The standard InChI is InChI=1S/C14H18Cl2N4O4/c1-13(9-17,5-3-7-23-11(15)21)19-20-14(2,10-18)6-4-8-24-12(16)22/h3-8H2,1-2H3. The summed E-state index contributed by atoms with van der Waals surface area (Å²) in [6.07, 6.45) is 1.30. The Labute approximate surface area is 150 Å². The highest BCUT2D eigenvalue weighted by Crippen LogP contribution is 2.23. The highest BCUT2D eigenvalue weighted by molar-refractivity contribution is 6.61. The van der Waals surface area contributed by atoms with Crippen molar-refractivity contribution in [3.63, 3.8) is 0 Å². The van der Waals surface area contributed by atoms with Crippen LogP contribution in [0.1, 0.15) is 39.5 Å². The first-order chi connectivity index (χ1) is 11.2. The van der Waals surface area contributed by atoms with E-state index >= 15 is 0 Å². The molecular weight excluding hydrogens is 359 g/mol. The second-order valence-corrected chi connectivity index (χ2v) is 5.97. The van der Waals surface area contributed by atoms with E-state index in [2.05, 4.69) is 19.7 Å². The SMILES string of the molecule is CC(C#N)(CCCOC(=O)Cl)N=NC(C)(C#N)CCCOC(=O)Cl. The highest BCUT2D eigenvalue weighted by Gasteiger charge is 2.28. The molecule has 0 aromatic heterocycles. The Bertz CT molecular complexity index is 510. The van der Waals surface area contributed by atoms with Gasteiger partial charge in [0.25, 0.3) is 0 Å². The van der Waals surface area contributed by atoms with Crippen molar-refractivity contribution in [2.45, 2.75) is 50.6 Å². The van der Waals surface area contributed by atoms with Crippen molar-refractivity contribution in [1.82, 2.24) is 0 Å². The van der Waals surface area contributed by atoms with Crippen molar-refractivity contribution >= 4 is 34.1 Å². The predicted molar refractivity (Wildman–Crippen MR) is 85.8 cm³/mol. The van der Waals surface area contributed by atoms with E-state index in [0.717, 1.165) is 0 Å². The lowest BCUT2D eigenvalue weighted by Gasteiger charge is -2.19. The molecule has 0 rings (SSSR count). The quantitative estimate of drug-likeness (QED) is 0.317. The summed E-state index contributed by atoms with van der Waals surface area (Å²) < 4.78 is 9.15. The van der Waals surface area contributed by atoms with Crippen LogP contribution in [0.15, 0.2) is 10.2 Å². The molecule has 2 unspecified atom stereocenters. The number of ether oxygens (including phenoxy) is 2. The first-order valence-electron chi connectivity index (χ1n) is 7.07. The maximum absolute atomic E-state index is 10.5. The van der Waals surface area contributed by atoms with Crippen LogP contribution in [-0.2, 0) is 9.47 Å². The number of nitriles is 2. The minimum absolute atomic E-state index is 0.0639. The number of nitrogens with zero attached hydrogens (tertiary/aromatic N) is 4. The zero-order valence-electron chi connectivity index (χ0n) is 13.4. The van der Waals surface area contributed by atoms with Crippen molar-refractivity contribution in [3.05, 3.63) is 0 Å². The zero-order valence-corrected chi connectivity index (χ0v) is 14.9. The molecule has 0 aliphatic rings. The molecule has 24 heavy (non-hydrogen) atoms. The van der Waals surface area contributed by atoms with E-state index in [0.29, 0.717) is 12.8 Å². The minimum atomic E-state index is -1.15. The van der Waals surface area contributed by atoms with Crippen molar-refractivity contribution in [2.75, 3.05) is 13.2 Å².